The van der Waals surface area contributed by atoms with Crippen LogP contribution in [0.5, 0.6) is 5.75 Å². The van der Waals surface area contributed by atoms with Gasteiger partial charge in [-0.05, 0) is 67.6 Å². The Hall–Kier alpha value is -1.94. The van der Waals surface area contributed by atoms with Crippen LogP contribution in [0.2, 0.25) is 0 Å². The molecule has 3 nitrogen and oxygen atoms in total. The fraction of sp³-hybridized carbons (Fsp3) is 0.381. The van der Waals surface area contributed by atoms with E-state index in [0.29, 0.717) is 18.3 Å². The number of carbonyl (C=O) groups is 1. The molecule has 0 heterocycles. The molecule has 0 atom stereocenters. The van der Waals surface area contributed by atoms with Crippen molar-refractivity contribution in [1.82, 2.24) is 4.90 Å². The van der Waals surface area contributed by atoms with E-state index in [1.807, 2.05) is 29.2 Å². The highest BCUT2D eigenvalue weighted by molar-refractivity contribution is 8.00. The van der Waals surface area contributed by atoms with Gasteiger partial charge in [0.2, 0.25) is 5.91 Å². The summed E-state index contributed by atoms with van der Waals surface area (Å²) in [5.41, 5.74) is 3.71. The minimum atomic E-state index is 0.224. The highest BCUT2D eigenvalue weighted by atomic mass is 32.2. The van der Waals surface area contributed by atoms with Crippen molar-refractivity contribution in [3.8, 4) is 5.75 Å². The van der Waals surface area contributed by atoms with Gasteiger partial charge in [-0.25, -0.2) is 0 Å². The molecule has 2 aromatic carbocycles. The molecule has 0 aliphatic heterocycles. The number of nitrogens with zero attached hydrogens (tertiary/aromatic N) is 1. The van der Waals surface area contributed by atoms with Gasteiger partial charge in [-0.3, -0.25) is 4.79 Å². The zero-order valence-corrected chi connectivity index (χ0v) is 15.9. The maximum atomic E-state index is 12.8. The number of aryl methyl sites for hydroxylation is 2. The van der Waals surface area contributed by atoms with Crippen molar-refractivity contribution >= 4 is 17.7 Å². The Labute approximate surface area is 154 Å². The van der Waals surface area contributed by atoms with Gasteiger partial charge in [-0.15, -0.1) is 11.8 Å². The minimum absolute atomic E-state index is 0.224. The first-order chi connectivity index (χ1) is 12.1. The lowest BCUT2D eigenvalue weighted by atomic mass is 10.1. The summed E-state index contributed by atoms with van der Waals surface area (Å²) in [6.07, 6.45) is 2.24. The average molecular weight is 356 g/mol. The molecule has 0 saturated heterocycles. The number of rotatable bonds is 7. The van der Waals surface area contributed by atoms with Crippen LogP contribution in [0.15, 0.2) is 47.4 Å². The number of methoxy groups -OCH3 is 1. The summed E-state index contributed by atoms with van der Waals surface area (Å²) in [7, 11) is 1.67. The van der Waals surface area contributed by atoms with E-state index in [0.717, 1.165) is 29.1 Å². The van der Waals surface area contributed by atoms with E-state index in [1.54, 1.807) is 18.9 Å². The Morgan fingerprint density at radius 1 is 1.12 bits per heavy atom. The summed E-state index contributed by atoms with van der Waals surface area (Å²) in [4.78, 5) is 16.0. The molecular weight excluding hydrogens is 330 g/mol. The number of carbonyl (C=O) groups excluding carboxylic acids is 1. The van der Waals surface area contributed by atoms with Crippen molar-refractivity contribution < 1.29 is 9.53 Å². The van der Waals surface area contributed by atoms with Crippen LogP contribution in [0.4, 0.5) is 0 Å². The first kappa shape index (κ1) is 17.9. The highest BCUT2D eigenvalue weighted by Gasteiger charge is 2.32. The Bertz CT molecular complexity index is 738. The largest absolute Gasteiger partial charge is 0.497 e. The van der Waals surface area contributed by atoms with Crippen LogP contribution in [0.3, 0.4) is 0 Å². The van der Waals surface area contributed by atoms with Crippen molar-refractivity contribution in [1.29, 1.82) is 0 Å². The van der Waals surface area contributed by atoms with E-state index in [4.69, 9.17) is 4.74 Å². The van der Waals surface area contributed by atoms with Gasteiger partial charge in [0.05, 0.1) is 12.9 Å². The lowest BCUT2D eigenvalue weighted by Gasteiger charge is -2.22. The Balaban J connectivity index is 1.61. The van der Waals surface area contributed by atoms with Gasteiger partial charge in [0.15, 0.2) is 0 Å². The predicted octanol–water partition coefficient (Wildman–Crippen LogP) is 4.60. The van der Waals surface area contributed by atoms with E-state index in [-0.39, 0.29) is 5.91 Å². The topological polar surface area (TPSA) is 29.5 Å². The summed E-state index contributed by atoms with van der Waals surface area (Å²) in [5, 5.41) is 0. The molecule has 132 valence electrons. The molecule has 1 saturated carbocycles. The smallest absolute Gasteiger partial charge is 0.233 e. The predicted molar refractivity (Wildman–Crippen MR) is 103 cm³/mol. The summed E-state index contributed by atoms with van der Waals surface area (Å²) in [5.74, 6) is 1.56. The van der Waals surface area contributed by atoms with Crippen LogP contribution in [-0.2, 0) is 11.3 Å². The zero-order valence-electron chi connectivity index (χ0n) is 15.1. The fourth-order valence-corrected chi connectivity index (χ4v) is 3.65. The van der Waals surface area contributed by atoms with Gasteiger partial charge >= 0.3 is 0 Å². The number of amides is 1. The first-order valence-corrected chi connectivity index (χ1v) is 9.68. The number of hydrogen-bond donors (Lipinski definition) is 0. The highest BCUT2D eigenvalue weighted by Crippen LogP contribution is 2.30. The molecule has 0 spiro atoms. The maximum absolute atomic E-state index is 12.8. The molecule has 1 aliphatic carbocycles. The molecule has 0 unspecified atom stereocenters. The molecule has 0 bridgehead atoms. The van der Waals surface area contributed by atoms with Gasteiger partial charge in [0, 0.05) is 17.5 Å². The number of thioether (sulfide) groups is 1. The first-order valence-electron chi connectivity index (χ1n) is 8.69. The molecule has 0 N–H and O–H groups in total. The van der Waals surface area contributed by atoms with Gasteiger partial charge in [0.25, 0.3) is 0 Å². The van der Waals surface area contributed by atoms with Gasteiger partial charge in [0.1, 0.15) is 5.75 Å². The summed E-state index contributed by atoms with van der Waals surface area (Å²) < 4.78 is 5.20. The quantitative estimate of drug-likeness (QED) is 0.680. The maximum Gasteiger partial charge on any atom is 0.233 e. The number of hydrogen-bond acceptors (Lipinski definition) is 3. The van der Waals surface area contributed by atoms with Crippen LogP contribution in [0, 0.1) is 13.8 Å². The normalized spacial score (nSPS) is 13.6. The Morgan fingerprint density at radius 2 is 1.84 bits per heavy atom. The lowest BCUT2D eigenvalue weighted by Crippen LogP contribution is -2.33. The van der Waals surface area contributed by atoms with Gasteiger partial charge in [-0.1, -0.05) is 18.2 Å². The second kappa shape index (κ2) is 7.96. The second-order valence-corrected chi connectivity index (χ2v) is 7.68. The fourth-order valence-electron chi connectivity index (χ4n) is 2.77. The van der Waals surface area contributed by atoms with Crippen LogP contribution in [0.1, 0.15) is 29.5 Å². The SMILES string of the molecule is COc1ccc(CN(C(=O)CSc2ccc(C)c(C)c2)C2CC2)cc1. The van der Waals surface area contributed by atoms with E-state index in [9.17, 15) is 4.79 Å². The molecule has 1 aliphatic rings. The van der Waals surface area contributed by atoms with E-state index in [2.05, 4.69) is 32.0 Å². The van der Waals surface area contributed by atoms with Crippen molar-refractivity contribution in [2.45, 2.75) is 44.2 Å². The van der Waals surface area contributed by atoms with Crippen molar-refractivity contribution in [3.63, 3.8) is 0 Å². The third-order valence-electron chi connectivity index (χ3n) is 4.66. The average Bonchev–Trinajstić information content (AvgIpc) is 3.46. The zero-order chi connectivity index (χ0) is 17.8. The molecule has 3 rings (SSSR count). The summed E-state index contributed by atoms with van der Waals surface area (Å²) >= 11 is 1.63. The summed E-state index contributed by atoms with van der Waals surface area (Å²) in [6, 6.07) is 14.8. The van der Waals surface area contributed by atoms with Crippen LogP contribution in [-0.4, -0.2) is 29.7 Å². The molecule has 2 aromatic rings. The van der Waals surface area contributed by atoms with Gasteiger partial charge < -0.3 is 9.64 Å². The van der Waals surface area contributed by atoms with Crippen molar-refractivity contribution in [3.05, 3.63) is 59.2 Å². The molecule has 1 fully saturated rings. The molecule has 25 heavy (non-hydrogen) atoms. The lowest BCUT2D eigenvalue weighted by molar-refractivity contribution is -0.129. The third kappa shape index (κ3) is 4.79. The van der Waals surface area contributed by atoms with Gasteiger partial charge in [-0.2, -0.15) is 0 Å². The van der Waals surface area contributed by atoms with Crippen LogP contribution in [0.25, 0.3) is 0 Å². The van der Waals surface area contributed by atoms with E-state index in [1.165, 1.54) is 11.1 Å². The summed E-state index contributed by atoms with van der Waals surface area (Å²) in [6.45, 7) is 4.90. The molecule has 4 heteroatoms. The second-order valence-electron chi connectivity index (χ2n) is 6.64. The van der Waals surface area contributed by atoms with Crippen molar-refractivity contribution in [2.75, 3.05) is 12.9 Å². The molecule has 0 radical (unpaired) electrons. The van der Waals surface area contributed by atoms with E-state index < -0.39 is 0 Å². The number of ether oxygens (including phenoxy) is 1. The Kier molecular flexibility index (Phi) is 5.69. The number of benzene rings is 2. The molecular formula is C21H25NO2S. The molecule has 1 amide bonds. The van der Waals surface area contributed by atoms with Crippen LogP contribution >= 0.6 is 11.8 Å². The standard InChI is InChI=1S/C21H25NO2S/c1-15-4-11-20(12-16(15)2)25-14-21(23)22(18-7-8-18)13-17-5-9-19(24-3)10-6-17/h4-6,9-12,18H,7-8,13-14H2,1-3H3. The molecule has 0 aromatic heterocycles. The minimum Gasteiger partial charge on any atom is -0.497 e. The monoisotopic (exact) mass is 355 g/mol. The Morgan fingerprint density at radius 3 is 2.44 bits per heavy atom. The van der Waals surface area contributed by atoms with Crippen molar-refractivity contribution in [2.24, 2.45) is 0 Å². The van der Waals surface area contributed by atoms with E-state index >= 15 is 0 Å². The third-order valence-corrected chi connectivity index (χ3v) is 5.64. The van der Waals surface area contributed by atoms with Crippen LogP contribution < -0.4 is 4.74 Å².